The summed E-state index contributed by atoms with van der Waals surface area (Å²) in [5.74, 6) is 0.173. The van der Waals surface area contributed by atoms with Crippen molar-refractivity contribution in [2.45, 2.75) is 13.1 Å². The fraction of sp³-hybridized carbons (Fsp3) is 0.150. The molecule has 0 spiro atoms. The minimum Gasteiger partial charge on any atom is -0.494 e. The Morgan fingerprint density at radius 2 is 1.76 bits per heavy atom. The molecule has 6 nitrogen and oxygen atoms in total. The maximum atomic E-state index is 13.2. The van der Waals surface area contributed by atoms with E-state index in [0.717, 1.165) is 17.4 Å². The number of ether oxygens (including phenoxy) is 1. The Morgan fingerprint density at radius 1 is 1.00 bits per heavy atom. The van der Waals surface area contributed by atoms with Crippen molar-refractivity contribution in [3.8, 4) is 28.3 Å². The monoisotopic (exact) mass is 399 g/mol. The number of fused-ring (bicyclic) bond motifs is 1. The van der Waals surface area contributed by atoms with Crippen LogP contribution in [0.2, 0.25) is 0 Å². The fourth-order valence-electron chi connectivity index (χ4n) is 2.96. The normalized spacial score (nSPS) is 11.7. The summed E-state index contributed by atoms with van der Waals surface area (Å²) in [6.07, 6.45) is -1.87. The number of alkyl halides is 3. The number of rotatable bonds is 4. The van der Waals surface area contributed by atoms with Crippen molar-refractivity contribution in [2.75, 3.05) is 12.3 Å². The van der Waals surface area contributed by atoms with E-state index in [2.05, 4.69) is 15.1 Å². The highest BCUT2D eigenvalue weighted by atomic mass is 19.4. The summed E-state index contributed by atoms with van der Waals surface area (Å²) in [4.78, 5) is 7.91. The van der Waals surface area contributed by atoms with Crippen LogP contribution in [0.25, 0.3) is 28.2 Å². The summed E-state index contributed by atoms with van der Waals surface area (Å²) < 4.78 is 46.5. The molecular weight excluding hydrogens is 383 g/mol. The Hall–Kier alpha value is -3.62. The molecule has 0 aliphatic rings. The molecule has 3 aromatic heterocycles. The average Bonchev–Trinajstić information content (AvgIpc) is 3.11. The summed E-state index contributed by atoms with van der Waals surface area (Å²) in [7, 11) is 0. The number of pyridine rings is 1. The van der Waals surface area contributed by atoms with Gasteiger partial charge in [0.25, 0.3) is 0 Å². The van der Waals surface area contributed by atoms with Gasteiger partial charge in [0.15, 0.2) is 5.65 Å². The number of anilines is 1. The number of nitrogen functional groups attached to an aromatic ring is 1. The summed E-state index contributed by atoms with van der Waals surface area (Å²) >= 11 is 0. The molecule has 29 heavy (non-hydrogen) atoms. The number of halogens is 3. The number of hydrogen-bond acceptors (Lipinski definition) is 5. The number of nitrogens with zero attached hydrogens (tertiary/aromatic N) is 4. The molecule has 2 N–H and O–H groups in total. The molecule has 4 aromatic rings. The first-order valence-electron chi connectivity index (χ1n) is 8.78. The van der Waals surface area contributed by atoms with E-state index in [-0.39, 0.29) is 5.56 Å². The predicted molar refractivity (Wildman–Crippen MR) is 102 cm³/mol. The highest BCUT2D eigenvalue weighted by Crippen LogP contribution is 2.35. The number of aromatic nitrogens is 4. The van der Waals surface area contributed by atoms with Crippen molar-refractivity contribution >= 4 is 11.5 Å². The summed E-state index contributed by atoms with van der Waals surface area (Å²) in [5.41, 5.74) is 6.97. The van der Waals surface area contributed by atoms with Gasteiger partial charge in [0.2, 0.25) is 0 Å². The molecule has 1 aromatic carbocycles. The molecule has 148 valence electrons. The van der Waals surface area contributed by atoms with Crippen LogP contribution in [0.3, 0.4) is 0 Å². The van der Waals surface area contributed by atoms with Crippen molar-refractivity contribution in [3.05, 3.63) is 60.4 Å². The van der Waals surface area contributed by atoms with Crippen molar-refractivity contribution < 1.29 is 17.9 Å². The van der Waals surface area contributed by atoms with E-state index in [1.807, 2.05) is 31.2 Å². The zero-order chi connectivity index (χ0) is 20.6. The van der Waals surface area contributed by atoms with Crippen molar-refractivity contribution in [1.82, 2.24) is 19.6 Å². The third-order valence-electron chi connectivity index (χ3n) is 4.34. The van der Waals surface area contributed by atoms with Crippen LogP contribution < -0.4 is 10.5 Å². The van der Waals surface area contributed by atoms with Crippen LogP contribution >= 0.6 is 0 Å². The smallest absolute Gasteiger partial charge is 0.419 e. The lowest BCUT2D eigenvalue weighted by molar-refractivity contribution is -0.137. The van der Waals surface area contributed by atoms with Gasteiger partial charge in [-0.15, -0.1) is 0 Å². The Morgan fingerprint density at radius 3 is 2.45 bits per heavy atom. The molecular formula is C20H16F3N5O. The first-order valence-corrected chi connectivity index (χ1v) is 8.78. The van der Waals surface area contributed by atoms with Gasteiger partial charge in [-0.25, -0.2) is 14.5 Å². The largest absolute Gasteiger partial charge is 0.494 e. The summed E-state index contributed by atoms with van der Waals surface area (Å²) in [6, 6.07) is 11.9. The van der Waals surface area contributed by atoms with Crippen LogP contribution in [0.15, 0.2) is 54.9 Å². The van der Waals surface area contributed by atoms with Gasteiger partial charge in [-0.1, -0.05) is 0 Å². The molecule has 0 amide bonds. The lowest BCUT2D eigenvalue weighted by Crippen LogP contribution is -2.10. The van der Waals surface area contributed by atoms with Gasteiger partial charge in [-0.2, -0.15) is 18.3 Å². The lowest BCUT2D eigenvalue weighted by atomic mass is 10.1. The van der Waals surface area contributed by atoms with E-state index in [0.29, 0.717) is 23.6 Å². The third kappa shape index (κ3) is 3.58. The molecule has 0 saturated carbocycles. The SMILES string of the molecule is CCOc1ccc(-c2ccc3ncc(-c4cnc(N)c(C(F)(F)F)c4)n3n2)cc1. The van der Waals surface area contributed by atoms with Gasteiger partial charge in [-0.3, -0.25) is 0 Å². The van der Waals surface area contributed by atoms with E-state index in [9.17, 15) is 13.2 Å². The van der Waals surface area contributed by atoms with Gasteiger partial charge in [-0.05, 0) is 49.4 Å². The molecule has 0 radical (unpaired) electrons. The minimum atomic E-state index is -4.60. The van der Waals surface area contributed by atoms with Crippen LogP contribution in [0, 0.1) is 0 Å². The quantitative estimate of drug-likeness (QED) is 0.548. The summed E-state index contributed by atoms with van der Waals surface area (Å²) in [5, 5.41) is 4.54. The number of hydrogen-bond donors (Lipinski definition) is 1. The average molecular weight is 399 g/mol. The number of nitrogens with two attached hydrogens (primary N) is 1. The lowest BCUT2D eigenvalue weighted by Gasteiger charge is -2.11. The van der Waals surface area contributed by atoms with Crippen LogP contribution in [0.5, 0.6) is 5.75 Å². The zero-order valence-corrected chi connectivity index (χ0v) is 15.3. The second-order valence-electron chi connectivity index (χ2n) is 6.24. The second-order valence-corrected chi connectivity index (χ2v) is 6.24. The topological polar surface area (TPSA) is 78.3 Å². The maximum absolute atomic E-state index is 13.2. The van der Waals surface area contributed by atoms with E-state index in [4.69, 9.17) is 10.5 Å². The van der Waals surface area contributed by atoms with Gasteiger partial charge >= 0.3 is 6.18 Å². The molecule has 3 heterocycles. The van der Waals surface area contributed by atoms with E-state index in [1.54, 1.807) is 12.1 Å². The van der Waals surface area contributed by atoms with Crippen LogP contribution in [0.1, 0.15) is 12.5 Å². The summed E-state index contributed by atoms with van der Waals surface area (Å²) in [6.45, 7) is 2.47. The molecule has 9 heteroatoms. The molecule has 0 unspecified atom stereocenters. The fourth-order valence-corrected chi connectivity index (χ4v) is 2.96. The Kier molecular flexibility index (Phi) is 4.57. The van der Waals surface area contributed by atoms with E-state index in [1.165, 1.54) is 16.9 Å². The van der Waals surface area contributed by atoms with Crippen molar-refractivity contribution in [3.63, 3.8) is 0 Å². The first kappa shape index (κ1) is 18.7. The second kappa shape index (κ2) is 7.08. The molecule has 0 bridgehead atoms. The predicted octanol–water partition coefficient (Wildman–Crippen LogP) is 4.46. The van der Waals surface area contributed by atoms with E-state index >= 15 is 0 Å². The van der Waals surface area contributed by atoms with E-state index < -0.39 is 17.6 Å². The van der Waals surface area contributed by atoms with Gasteiger partial charge < -0.3 is 10.5 Å². The molecule has 0 atom stereocenters. The highest BCUT2D eigenvalue weighted by molar-refractivity contribution is 5.67. The van der Waals surface area contributed by atoms with Crippen molar-refractivity contribution in [2.24, 2.45) is 0 Å². The minimum absolute atomic E-state index is 0.218. The molecule has 0 aliphatic carbocycles. The van der Waals surface area contributed by atoms with Gasteiger partial charge in [0.05, 0.1) is 29.8 Å². The standard InChI is InChI=1S/C20H16F3N5O/c1-2-29-14-5-3-12(4-6-14)16-7-8-18-25-11-17(28(18)27-16)13-9-15(20(21,22)23)19(24)26-10-13/h3-11H,2H2,1H3,(H2,24,26). The van der Waals surface area contributed by atoms with Crippen LogP contribution in [0.4, 0.5) is 19.0 Å². The van der Waals surface area contributed by atoms with Crippen LogP contribution in [-0.4, -0.2) is 26.2 Å². The maximum Gasteiger partial charge on any atom is 0.419 e. The van der Waals surface area contributed by atoms with Crippen molar-refractivity contribution in [1.29, 1.82) is 0 Å². The Labute approximate surface area is 163 Å². The highest BCUT2D eigenvalue weighted by Gasteiger charge is 2.34. The number of benzene rings is 1. The third-order valence-corrected chi connectivity index (χ3v) is 4.34. The Bertz CT molecular complexity index is 1170. The van der Waals surface area contributed by atoms with Gasteiger partial charge in [0, 0.05) is 17.3 Å². The first-order chi connectivity index (χ1) is 13.9. The molecule has 0 fully saturated rings. The Balaban J connectivity index is 1.78. The molecule has 0 aliphatic heterocycles. The number of imidazole rings is 1. The van der Waals surface area contributed by atoms with Crippen LogP contribution in [-0.2, 0) is 6.18 Å². The zero-order valence-electron chi connectivity index (χ0n) is 15.3. The molecule has 0 saturated heterocycles. The van der Waals surface area contributed by atoms with Gasteiger partial charge in [0.1, 0.15) is 11.6 Å². The molecule has 4 rings (SSSR count).